The number of carboxylic acids is 1. The molecule has 0 aliphatic carbocycles. The third-order valence-electron chi connectivity index (χ3n) is 3.80. The molecule has 118 valence electrons. The number of nitrogens with one attached hydrogen (secondary N) is 1. The summed E-state index contributed by atoms with van der Waals surface area (Å²) in [6.45, 7) is 0. The number of rotatable bonds is 2. The van der Waals surface area contributed by atoms with E-state index in [2.05, 4.69) is 10.1 Å². The first-order chi connectivity index (χ1) is 11.6. The number of halogens is 1. The van der Waals surface area contributed by atoms with Crippen molar-refractivity contribution in [1.82, 2.24) is 14.8 Å². The summed E-state index contributed by atoms with van der Waals surface area (Å²) >= 11 is 0. The number of hydrogen-bond acceptors (Lipinski definition) is 3. The molecule has 0 radical (unpaired) electrons. The van der Waals surface area contributed by atoms with Crippen molar-refractivity contribution < 1.29 is 14.3 Å². The summed E-state index contributed by atoms with van der Waals surface area (Å²) in [5.74, 6) is -1.92. The van der Waals surface area contributed by atoms with E-state index >= 15 is 0 Å². The molecule has 4 aromatic rings. The Morgan fingerprint density at radius 1 is 1.17 bits per heavy atom. The van der Waals surface area contributed by atoms with Crippen LogP contribution in [-0.2, 0) is 0 Å². The highest BCUT2D eigenvalue weighted by Gasteiger charge is 2.21. The minimum absolute atomic E-state index is 0.154. The number of fused-ring (bicyclic) bond motifs is 3. The van der Waals surface area contributed by atoms with Gasteiger partial charge in [-0.25, -0.2) is 9.18 Å². The average molecular weight is 323 g/mol. The van der Waals surface area contributed by atoms with Crippen LogP contribution >= 0.6 is 0 Å². The zero-order valence-electron chi connectivity index (χ0n) is 12.2. The molecule has 0 amide bonds. The molecule has 2 aromatic carbocycles. The maximum Gasteiger partial charge on any atom is 0.343 e. The predicted molar refractivity (Wildman–Crippen MR) is 86.1 cm³/mol. The van der Waals surface area contributed by atoms with Crippen molar-refractivity contribution in [3.63, 3.8) is 0 Å². The van der Waals surface area contributed by atoms with Crippen LogP contribution in [0.25, 0.3) is 27.6 Å². The fourth-order valence-electron chi connectivity index (χ4n) is 2.75. The number of benzene rings is 2. The van der Waals surface area contributed by atoms with Gasteiger partial charge < -0.3 is 10.1 Å². The normalized spacial score (nSPS) is 11.2. The summed E-state index contributed by atoms with van der Waals surface area (Å²) in [7, 11) is 0. The summed E-state index contributed by atoms with van der Waals surface area (Å²) in [5.41, 5.74) is 0.0643. The number of aromatic amines is 1. The minimum atomic E-state index is -1.37. The molecule has 0 fully saturated rings. The highest BCUT2D eigenvalue weighted by atomic mass is 19.1. The van der Waals surface area contributed by atoms with Crippen molar-refractivity contribution in [2.75, 3.05) is 0 Å². The Bertz CT molecular complexity index is 1180. The third-order valence-corrected chi connectivity index (χ3v) is 3.80. The molecule has 0 unspecified atom stereocenters. The maximum atomic E-state index is 13.5. The van der Waals surface area contributed by atoms with Crippen molar-refractivity contribution in [2.24, 2.45) is 0 Å². The van der Waals surface area contributed by atoms with Gasteiger partial charge in [0.25, 0.3) is 5.56 Å². The van der Waals surface area contributed by atoms with Gasteiger partial charge in [-0.3, -0.25) is 4.79 Å². The van der Waals surface area contributed by atoms with Gasteiger partial charge in [-0.2, -0.15) is 9.78 Å². The first kappa shape index (κ1) is 14.1. The first-order valence-electron chi connectivity index (χ1n) is 7.09. The lowest BCUT2D eigenvalue weighted by Gasteiger charge is -2.07. The molecule has 2 N–H and O–H groups in total. The number of para-hydroxylation sites is 1. The monoisotopic (exact) mass is 323 g/mol. The fourth-order valence-corrected chi connectivity index (χ4v) is 2.75. The van der Waals surface area contributed by atoms with Crippen molar-refractivity contribution in [1.29, 1.82) is 0 Å². The van der Waals surface area contributed by atoms with Crippen LogP contribution in [0.5, 0.6) is 0 Å². The Kier molecular flexibility index (Phi) is 2.96. The summed E-state index contributed by atoms with van der Waals surface area (Å²) in [4.78, 5) is 27.1. The van der Waals surface area contributed by atoms with Crippen molar-refractivity contribution in [3.05, 3.63) is 70.3 Å². The zero-order chi connectivity index (χ0) is 16.8. The Hall–Kier alpha value is -3.48. The summed E-state index contributed by atoms with van der Waals surface area (Å²) in [6, 6.07) is 12.4. The molecule has 7 heteroatoms. The van der Waals surface area contributed by atoms with E-state index in [0.29, 0.717) is 16.4 Å². The number of carboxylic acid groups (broad SMARTS) is 1. The molecule has 0 atom stereocenters. The third kappa shape index (κ3) is 1.98. The van der Waals surface area contributed by atoms with E-state index in [9.17, 15) is 19.1 Å². The van der Waals surface area contributed by atoms with Crippen LogP contribution in [-0.4, -0.2) is 25.8 Å². The minimum Gasteiger partial charge on any atom is -0.477 e. The predicted octanol–water partition coefficient (Wildman–Crippen LogP) is 2.70. The molecule has 0 saturated heterocycles. The summed E-state index contributed by atoms with van der Waals surface area (Å²) in [5, 5.41) is 14.4. The van der Waals surface area contributed by atoms with Crippen LogP contribution in [0.4, 0.5) is 4.39 Å². The molecule has 0 aliphatic heterocycles. The number of aromatic carboxylic acids is 1. The standard InChI is InChI=1S/C17H10FN3O3/c18-9-4-3-5-10(8-9)21-16(22)13(17(23)24)15-14(20-21)11-6-1-2-7-12(11)19-15/h1-8,19H,(H,23,24). The van der Waals surface area contributed by atoms with Gasteiger partial charge in [-0.1, -0.05) is 24.3 Å². The lowest BCUT2D eigenvalue weighted by atomic mass is 10.2. The van der Waals surface area contributed by atoms with Crippen LogP contribution in [0.2, 0.25) is 0 Å². The molecular weight excluding hydrogens is 313 g/mol. The molecule has 4 rings (SSSR count). The van der Waals surface area contributed by atoms with Crippen LogP contribution < -0.4 is 5.56 Å². The highest BCUT2D eigenvalue weighted by molar-refractivity contribution is 6.11. The molecule has 0 aliphatic rings. The van der Waals surface area contributed by atoms with E-state index < -0.39 is 22.9 Å². The molecule has 0 spiro atoms. The van der Waals surface area contributed by atoms with Gasteiger partial charge in [0.05, 0.1) is 11.2 Å². The molecule has 6 nitrogen and oxygen atoms in total. The Balaban J connectivity index is 2.19. The quantitative estimate of drug-likeness (QED) is 0.594. The molecule has 0 saturated carbocycles. The molecule has 0 bridgehead atoms. The molecule has 2 aromatic heterocycles. The van der Waals surface area contributed by atoms with Crippen LogP contribution in [0.15, 0.2) is 53.3 Å². The second kappa shape index (κ2) is 5.02. The van der Waals surface area contributed by atoms with Gasteiger partial charge in [-0.15, -0.1) is 0 Å². The largest absolute Gasteiger partial charge is 0.477 e. The Labute approximate surface area is 133 Å². The highest BCUT2D eigenvalue weighted by Crippen LogP contribution is 2.24. The second-order valence-electron chi connectivity index (χ2n) is 5.27. The van der Waals surface area contributed by atoms with Crippen molar-refractivity contribution in [3.8, 4) is 5.69 Å². The maximum absolute atomic E-state index is 13.5. The van der Waals surface area contributed by atoms with E-state index in [1.54, 1.807) is 24.3 Å². The van der Waals surface area contributed by atoms with Crippen molar-refractivity contribution >= 4 is 27.9 Å². The summed E-state index contributed by atoms with van der Waals surface area (Å²) < 4.78 is 14.4. The molecular formula is C17H10FN3O3. The van der Waals surface area contributed by atoms with E-state index in [0.717, 1.165) is 10.7 Å². The van der Waals surface area contributed by atoms with Gasteiger partial charge >= 0.3 is 5.97 Å². The van der Waals surface area contributed by atoms with E-state index in [1.807, 2.05) is 0 Å². The number of hydrogen-bond donors (Lipinski definition) is 2. The topological polar surface area (TPSA) is 88.0 Å². The average Bonchev–Trinajstić information content (AvgIpc) is 2.91. The van der Waals surface area contributed by atoms with E-state index in [-0.39, 0.29) is 11.2 Å². The lowest BCUT2D eigenvalue weighted by Crippen LogP contribution is -2.27. The number of H-pyrrole nitrogens is 1. The van der Waals surface area contributed by atoms with Gasteiger partial charge in [-0.05, 0) is 24.3 Å². The van der Waals surface area contributed by atoms with E-state index in [4.69, 9.17) is 0 Å². The van der Waals surface area contributed by atoms with Gasteiger partial charge in [0.15, 0.2) is 5.56 Å². The van der Waals surface area contributed by atoms with Crippen LogP contribution in [0, 0.1) is 5.82 Å². The number of nitrogens with zero attached hydrogens (tertiary/aromatic N) is 2. The number of carbonyl (C=O) groups is 1. The number of aromatic nitrogens is 3. The smallest absolute Gasteiger partial charge is 0.343 e. The SMILES string of the molecule is O=C(O)c1c(=O)n(-c2cccc(F)c2)nc2c1[nH]c1ccccc12. The fraction of sp³-hybridized carbons (Fsp3) is 0. The first-order valence-corrected chi connectivity index (χ1v) is 7.09. The van der Waals surface area contributed by atoms with Crippen LogP contribution in [0.3, 0.4) is 0 Å². The van der Waals surface area contributed by atoms with Crippen molar-refractivity contribution in [2.45, 2.75) is 0 Å². The Morgan fingerprint density at radius 2 is 1.96 bits per heavy atom. The zero-order valence-corrected chi connectivity index (χ0v) is 12.2. The summed E-state index contributed by atoms with van der Waals surface area (Å²) in [6.07, 6.45) is 0. The van der Waals surface area contributed by atoms with E-state index in [1.165, 1.54) is 18.2 Å². The lowest BCUT2D eigenvalue weighted by molar-refractivity contribution is 0.0696. The second-order valence-corrected chi connectivity index (χ2v) is 5.27. The van der Waals surface area contributed by atoms with Crippen LogP contribution in [0.1, 0.15) is 10.4 Å². The Morgan fingerprint density at radius 3 is 2.71 bits per heavy atom. The van der Waals surface area contributed by atoms with Gasteiger partial charge in [0, 0.05) is 10.9 Å². The molecule has 24 heavy (non-hydrogen) atoms. The van der Waals surface area contributed by atoms with Gasteiger partial charge in [0.1, 0.15) is 11.3 Å². The van der Waals surface area contributed by atoms with Gasteiger partial charge in [0.2, 0.25) is 0 Å². The molecule has 2 heterocycles.